The molecule has 2 rings (SSSR count). The van der Waals surface area contributed by atoms with Crippen molar-refractivity contribution in [3.05, 3.63) is 47.2 Å². The summed E-state index contributed by atoms with van der Waals surface area (Å²) < 4.78 is 14.1. The molecule has 1 aliphatic rings. The van der Waals surface area contributed by atoms with Crippen LogP contribution in [0.3, 0.4) is 0 Å². The minimum Gasteiger partial charge on any atom is -0.509 e. The number of cyclic esters (lactones) is 2. The molecule has 1 aromatic rings. The van der Waals surface area contributed by atoms with Crippen molar-refractivity contribution in [1.29, 1.82) is 0 Å². The fourth-order valence-corrected chi connectivity index (χ4v) is 1.71. The van der Waals surface area contributed by atoms with Gasteiger partial charge in [0, 0.05) is 27.5 Å². The number of aliphatic hydroxyl groups is 1. The highest BCUT2D eigenvalue weighted by atomic mass is 16.7. The molecule has 0 unspecified atom stereocenters. The predicted octanol–water partition coefficient (Wildman–Crippen LogP) is 2.45. The van der Waals surface area contributed by atoms with Crippen LogP contribution in [-0.2, 0) is 30.3 Å². The molecule has 7 heteroatoms. The number of ether oxygens (including phenoxy) is 3. The number of nitrogens with two attached hydrogens (primary N) is 1. The molecule has 1 heterocycles. The van der Waals surface area contributed by atoms with Crippen molar-refractivity contribution in [2.45, 2.75) is 40.0 Å². The zero-order valence-electron chi connectivity index (χ0n) is 15.4. The molecule has 3 N–H and O–H groups in total. The van der Waals surface area contributed by atoms with Crippen LogP contribution in [0.15, 0.2) is 41.7 Å². The number of hydrogen-bond donors (Lipinski definition) is 2. The lowest BCUT2D eigenvalue weighted by atomic mass is 10.2. The Labute approximate surface area is 148 Å². The van der Waals surface area contributed by atoms with Crippen LogP contribution in [-0.4, -0.2) is 36.5 Å². The number of benzene rings is 1. The monoisotopic (exact) mass is 353 g/mol. The van der Waals surface area contributed by atoms with E-state index in [1.54, 1.807) is 0 Å². The van der Waals surface area contributed by atoms with Crippen LogP contribution in [0, 0.1) is 0 Å². The summed E-state index contributed by atoms with van der Waals surface area (Å²) >= 11 is 0. The van der Waals surface area contributed by atoms with E-state index in [0.29, 0.717) is 6.54 Å². The quantitative estimate of drug-likeness (QED) is 0.372. The molecule has 1 fully saturated rings. The van der Waals surface area contributed by atoms with Crippen molar-refractivity contribution in [1.82, 2.24) is 0 Å². The van der Waals surface area contributed by atoms with Crippen molar-refractivity contribution in [3.8, 4) is 0 Å². The van der Waals surface area contributed by atoms with Crippen molar-refractivity contribution in [2.24, 2.45) is 5.73 Å². The lowest BCUT2D eigenvalue weighted by molar-refractivity contribution is -0.222. The summed E-state index contributed by atoms with van der Waals surface area (Å²) in [7, 11) is 1.32. The highest BCUT2D eigenvalue weighted by Gasteiger charge is 2.41. The maximum atomic E-state index is 11.3. The number of carbonyl (C=O) groups is 2. The summed E-state index contributed by atoms with van der Waals surface area (Å²) in [5.41, 5.74) is 6.02. The van der Waals surface area contributed by atoms with E-state index in [0.717, 1.165) is 0 Å². The van der Waals surface area contributed by atoms with Gasteiger partial charge < -0.3 is 25.1 Å². The lowest BCUT2D eigenvalue weighted by Crippen LogP contribution is -2.42. The van der Waals surface area contributed by atoms with Gasteiger partial charge in [0.2, 0.25) is 0 Å². The summed E-state index contributed by atoms with van der Waals surface area (Å²) in [5, 5.41) is 9.34. The van der Waals surface area contributed by atoms with Crippen molar-refractivity contribution < 1.29 is 28.9 Å². The van der Waals surface area contributed by atoms with E-state index < -0.39 is 29.1 Å². The first-order valence-electron chi connectivity index (χ1n) is 7.92. The van der Waals surface area contributed by atoms with Crippen LogP contribution in [0.4, 0.5) is 0 Å². The van der Waals surface area contributed by atoms with Gasteiger partial charge in [-0.2, -0.15) is 0 Å². The van der Waals surface area contributed by atoms with Gasteiger partial charge in [0.25, 0.3) is 5.79 Å². The van der Waals surface area contributed by atoms with Gasteiger partial charge in [-0.1, -0.05) is 44.2 Å². The first-order chi connectivity index (χ1) is 11.8. The van der Waals surface area contributed by atoms with E-state index in [2.05, 4.69) is 4.74 Å². The molecule has 0 spiro atoms. The minimum atomic E-state index is -1.30. The minimum absolute atomic E-state index is 0.250. The Morgan fingerprint density at radius 3 is 1.96 bits per heavy atom. The van der Waals surface area contributed by atoms with Crippen LogP contribution in [0.25, 0.3) is 0 Å². The van der Waals surface area contributed by atoms with Gasteiger partial charge in [0.1, 0.15) is 12.4 Å². The summed E-state index contributed by atoms with van der Waals surface area (Å²) in [4.78, 5) is 22.7. The molecule has 0 bridgehead atoms. The molecule has 1 saturated heterocycles. The number of aliphatic hydroxyl groups excluding tert-OH is 1. The predicted molar refractivity (Wildman–Crippen MR) is 93.5 cm³/mol. The molecule has 0 radical (unpaired) electrons. The van der Waals surface area contributed by atoms with E-state index in [4.69, 9.17) is 15.2 Å². The molecular formula is C18H27NO6. The second kappa shape index (κ2) is 11.2. The molecule has 0 saturated carbocycles. The zero-order valence-corrected chi connectivity index (χ0v) is 15.4. The Bertz CT molecular complexity index is 558. The van der Waals surface area contributed by atoms with Gasteiger partial charge in [0.15, 0.2) is 5.57 Å². The molecule has 0 aliphatic carbocycles. The van der Waals surface area contributed by atoms with Crippen molar-refractivity contribution >= 4 is 11.9 Å². The number of methoxy groups -OCH3 is 1. The zero-order chi connectivity index (χ0) is 19.5. The van der Waals surface area contributed by atoms with Gasteiger partial charge >= 0.3 is 11.9 Å². The Balaban J connectivity index is 0.000000483. The summed E-state index contributed by atoms with van der Waals surface area (Å²) in [6.07, 6.45) is 0. The number of rotatable bonds is 3. The molecule has 140 valence electrons. The van der Waals surface area contributed by atoms with E-state index in [9.17, 15) is 14.7 Å². The fourth-order valence-electron chi connectivity index (χ4n) is 1.71. The van der Waals surface area contributed by atoms with Crippen LogP contribution in [0.2, 0.25) is 0 Å². The second-order valence-electron chi connectivity index (χ2n) is 5.12. The van der Waals surface area contributed by atoms with Gasteiger partial charge in [-0.3, -0.25) is 0 Å². The second-order valence-corrected chi connectivity index (χ2v) is 5.12. The highest BCUT2D eigenvalue weighted by Crippen LogP contribution is 2.23. The van der Waals surface area contributed by atoms with Crippen LogP contribution >= 0.6 is 0 Å². The molecule has 0 amide bonds. The Morgan fingerprint density at radius 2 is 1.60 bits per heavy atom. The number of esters is 2. The molecule has 7 nitrogen and oxygen atoms in total. The average Bonchev–Trinajstić information content (AvgIpc) is 2.56. The van der Waals surface area contributed by atoms with Gasteiger partial charge in [-0.15, -0.1) is 0 Å². The molecule has 1 aromatic carbocycles. The molecule has 1 aliphatic heterocycles. The maximum Gasteiger partial charge on any atom is 0.352 e. The summed E-state index contributed by atoms with van der Waals surface area (Å²) in [6, 6.07) is 9.99. The topological polar surface area (TPSA) is 108 Å². The SMILES string of the molecule is CC.COCC(O)=C1C(=O)OC(C)(C)OC1=O.NCc1ccccc1. The van der Waals surface area contributed by atoms with E-state index in [-0.39, 0.29) is 6.61 Å². The highest BCUT2D eigenvalue weighted by molar-refractivity contribution is 6.15. The first-order valence-corrected chi connectivity index (χ1v) is 7.92. The number of carbonyl (C=O) groups excluding carboxylic acids is 2. The van der Waals surface area contributed by atoms with Crippen molar-refractivity contribution in [3.63, 3.8) is 0 Å². The third-order valence-electron chi connectivity index (χ3n) is 2.73. The van der Waals surface area contributed by atoms with Gasteiger partial charge in [0.05, 0.1) is 0 Å². The van der Waals surface area contributed by atoms with E-state index in [1.807, 2.05) is 44.2 Å². The molecule has 0 aromatic heterocycles. The van der Waals surface area contributed by atoms with E-state index >= 15 is 0 Å². The Morgan fingerprint density at radius 1 is 1.12 bits per heavy atom. The molecule has 25 heavy (non-hydrogen) atoms. The fraction of sp³-hybridized carbons (Fsp3) is 0.444. The summed E-state index contributed by atoms with van der Waals surface area (Å²) in [6.45, 7) is 7.24. The van der Waals surface area contributed by atoms with Crippen LogP contribution in [0.5, 0.6) is 0 Å². The Kier molecular flexibility index (Phi) is 10.2. The van der Waals surface area contributed by atoms with Gasteiger partial charge in [-0.25, -0.2) is 9.59 Å². The standard InChI is InChI=1S/C9H12O6.C7H9N.C2H6/c1-9(2)14-7(11)6(8(12)15-9)5(10)4-13-3;8-6-7-4-2-1-3-5-7;1-2/h10H,4H2,1-3H3;1-5H,6,8H2;1-2H3. The third-order valence-corrected chi connectivity index (χ3v) is 2.73. The molecule has 0 atom stereocenters. The largest absolute Gasteiger partial charge is 0.509 e. The maximum absolute atomic E-state index is 11.3. The van der Waals surface area contributed by atoms with Crippen LogP contribution < -0.4 is 5.73 Å². The Hall–Kier alpha value is -2.38. The molecular weight excluding hydrogens is 326 g/mol. The third kappa shape index (κ3) is 7.82. The van der Waals surface area contributed by atoms with E-state index in [1.165, 1.54) is 26.5 Å². The van der Waals surface area contributed by atoms with Crippen molar-refractivity contribution in [2.75, 3.05) is 13.7 Å². The van der Waals surface area contributed by atoms with Gasteiger partial charge in [-0.05, 0) is 5.56 Å². The number of hydrogen-bond acceptors (Lipinski definition) is 7. The van der Waals surface area contributed by atoms with Crippen LogP contribution in [0.1, 0.15) is 33.3 Å². The lowest BCUT2D eigenvalue weighted by Gasteiger charge is -2.29. The summed E-state index contributed by atoms with van der Waals surface area (Å²) in [5.74, 6) is -3.62. The smallest absolute Gasteiger partial charge is 0.352 e. The first kappa shape index (κ1) is 22.6. The normalized spacial score (nSPS) is 14.9. The average molecular weight is 353 g/mol.